The van der Waals surface area contributed by atoms with E-state index in [9.17, 15) is 14.4 Å². The van der Waals surface area contributed by atoms with Crippen LogP contribution in [0.15, 0.2) is 35.4 Å². The molecule has 33 heavy (non-hydrogen) atoms. The van der Waals surface area contributed by atoms with Crippen LogP contribution in [0.2, 0.25) is 5.02 Å². The fourth-order valence-corrected chi connectivity index (χ4v) is 5.02. The Kier molecular flexibility index (Phi) is 7.24. The molecule has 1 aliphatic heterocycles. The Morgan fingerprint density at radius 2 is 2.09 bits per heavy atom. The van der Waals surface area contributed by atoms with Gasteiger partial charge in [0.1, 0.15) is 17.6 Å². The van der Waals surface area contributed by atoms with Crippen molar-refractivity contribution in [1.82, 2.24) is 25.2 Å². The van der Waals surface area contributed by atoms with Crippen molar-refractivity contribution < 1.29 is 9.59 Å². The van der Waals surface area contributed by atoms with Gasteiger partial charge in [-0.15, -0.1) is 0 Å². The highest BCUT2D eigenvalue weighted by Gasteiger charge is 2.27. The maximum atomic E-state index is 13.0. The molecule has 0 saturated carbocycles. The molecule has 1 atom stereocenters. The van der Waals surface area contributed by atoms with Crippen molar-refractivity contribution in [3.8, 4) is 0 Å². The first-order valence-electron chi connectivity index (χ1n) is 10.8. The van der Waals surface area contributed by atoms with Crippen molar-refractivity contribution in [1.29, 1.82) is 0 Å². The van der Waals surface area contributed by atoms with Gasteiger partial charge in [-0.1, -0.05) is 41.1 Å². The highest BCUT2D eigenvalue weighted by Crippen LogP contribution is 2.29. The average Bonchev–Trinajstić information content (AvgIpc) is 3.26. The van der Waals surface area contributed by atoms with Crippen LogP contribution in [0, 0.1) is 5.92 Å². The van der Waals surface area contributed by atoms with Gasteiger partial charge in [0.15, 0.2) is 10.8 Å². The normalized spacial score (nSPS) is 16.1. The van der Waals surface area contributed by atoms with Crippen LogP contribution in [-0.4, -0.2) is 46.0 Å². The number of aromatic nitrogens is 3. The lowest BCUT2D eigenvalue weighted by Crippen LogP contribution is -2.43. The van der Waals surface area contributed by atoms with Crippen molar-refractivity contribution in [2.75, 3.05) is 24.5 Å². The molecular weight excluding hydrogens is 464 g/mol. The second-order valence-electron chi connectivity index (χ2n) is 7.87. The number of halogens is 1. The number of nitrogens with zero attached hydrogens (tertiary/aromatic N) is 4. The topological polar surface area (TPSA) is 109 Å². The lowest BCUT2D eigenvalue weighted by atomic mass is 9.97. The van der Waals surface area contributed by atoms with E-state index >= 15 is 0 Å². The van der Waals surface area contributed by atoms with Crippen LogP contribution in [0.1, 0.15) is 25.3 Å². The lowest BCUT2D eigenvalue weighted by molar-refractivity contribution is -0.125. The van der Waals surface area contributed by atoms with Gasteiger partial charge in [0.05, 0.1) is 5.92 Å². The zero-order chi connectivity index (χ0) is 23.4. The van der Waals surface area contributed by atoms with Crippen molar-refractivity contribution in [3.05, 3.63) is 51.5 Å². The van der Waals surface area contributed by atoms with E-state index in [4.69, 9.17) is 11.6 Å². The first-order valence-corrected chi connectivity index (χ1v) is 12.0. The number of piperidine rings is 1. The molecule has 0 aliphatic carbocycles. The second kappa shape index (κ2) is 10.3. The van der Waals surface area contributed by atoms with Crippen LogP contribution in [0.25, 0.3) is 10.3 Å². The van der Waals surface area contributed by atoms with Gasteiger partial charge in [-0.3, -0.25) is 19.0 Å². The monoisotopic (exact) mass is 488 g/mol. The maximum absolute atomic E-state index is 13.0. The number of hydrogen-bond acceptors (Lipinski definition) is 7. The summed E-state index contributed by atoms with van der Waals surface area (Å²) in [5.41, 5.74) is 0.842. The van der Waals surface area contributed by atoms with Gasteiger partial charge in [-0.2, -0.15) is 4.98 Å². The van der Waals surface area contributed by atoms with Crippen LogP contribution in [-0.2, 0) is 22.7 Å². The smallest absolute Gasteiger partial charge is 0.273 e. The number of benzene rings is 1. The van der Waals surface area contributed by atoms with E-state index in [-0.39, 0.29) is 36.4 Å². The van der Waals surface area contributed by atoms with Crippen LogP contribution in [0.3, 0.4) is 0 Å². The Morgan fingerprint density at radius 3 is 2.88 bits per heavy atom. The Morgan fingerprint density at radius 1 is 1.27 bits per heavy atom. The first-order chi connectivity index (χ1) is 16.0. The molecule has 174 valence electrons. The summed E-state index contributed by atoms with van der Waals surface area (Å²) >= 11 is 7.37. The lowest BCUT2D eigenvalue weighted by Gasteiger charge is -2.31. The minimum atomic E-state index is -0.316. The summed E-state index contributed by atoms with van der Waals surface area (Å²) in [6.07, 6.45) is 3.06. The van der Waals surface area contributed by atoms with Crippen molar-refractivity contribution in [2.24, 2.45) is 5.92 Å². The third-order valence-corrected chi connectivity index (χ3v) is 7.00. The molecule has 0 spiro atoms. The average molecular weight is 489 g/mol. The third-order valence-electron chi connectivity index (χ3n) is 5.53. The van der Waals surface area contributed by atoms with Gasteiger partial charge in [0, 0.05) is 31.2 Å². The molecule has 4 rings (SSSR count). The Balaban J connectivity index is 1.46. The molecule has 1 fully saturated rings. The zero-order valence-electron chi connectivity index (χ0n) is 18.2. The van der Waals surface area contributed by atoms with E-state index in [1.54, 1.807) is 6.07 Å². The number of nitrogens with one attached hydrogen (secondary N) is 2. The molecule has 0 unspecified atom stereocenters. The van der Waals surface area contributed by atoms with Crippen molar-refractivity contribution in [3.63, 3.8) is 0 Å². The van der Waals surface area contributed by atoms with Gasteiger partial charge >= 0.3 is 0 Å². The summed E-state index contributed by atoms with van der Waals surface area (Å²) in [4.78, 5) is 48.4. The van der Waals surface area contributed by atoms with Crippen LogP contribution < -0.4 is 21.1 Å². The van der Waals surface area contributed by atoms with Crippen molar-refractivity contribution >= 4 is 50.2 Å². The number of rotatable bonds is 7. The van der Waals surface area contributed by atoms with Crippen LogP contribution in [0.4, 0.5) is 5.13 Å². The van der Waals surface area contributed by atoms with Gasteiger partial charge < -0.3 is 15.5 Å². The number of carbonyl (C=O) groups excluding carboxylic acids is 2. The summed E-state index contributed by atoms with van der Waals surface area (Å²) in [6.45, 7) is 3.96. The van der Waals surface area contributed by atoms with Gasteiger partial charge in [-0.25, -0.2) is 4.98 Å². The molecule has 0 radical (unpaired) electrons. The van der Waals surface area contributed by atoms with Crippen LogP contribution >= 0.6 is 22.9 Å². The van der Waals surface area contributed by atoms with Crippen molar-refractivity contribution in [2.45, 2.75) is 32.9 Å². The Bertz CT molecular complexity index is 1230. The van der Waals surface area contributed by atoms with Gasteiger partial charge in [0.2, 0.25) is 11.8 Å². The standard InChI is InChI=1S/C22H25ClN6O3S/c1-2-24-20(31)15-7-5-9-28(11-15)22-27-19-18(33-22)21(32)29(13-26-19)12-17(30)25-10-14-6-3-4-8-16(14)23/h3-4,6,8,13,15H,2,5,7,9-12H2,1H3,(H,24,31)(H,25,30)/t15-/m0/s1. The molecule has 2 N–H and O–H groups in total. The fraction of sp³-hybridized carbons (Fsp3) is 0.409. The number of fused-ring (bicyclic) bond motifs is 1. The molecule has 1 saturated heterocycles. The third kappa shape index (κ3) is 5.33. The summed E-state index contributed by atoms with van der Waals surface area (Å²) in [5, 5.41) is 6.90. The van der Waals surface area contributed by atoms with Gasteiger partial charge in [0.25, 0.3) is 5.56 Å². The number of hydrogen-bond donors (Lipinski definition) is 2. The molecule has 9 nitrogen and oxygen atoms in total. The largest absolute Gasteiger partial charge is 0.356 e. The summed E-state index contributed by atoms with van der Waals surface area (Å²) < 4.78 is 1.67. The Labute approximate surface area is 199 Å². The van der Waals surface area contributed by atoms with E-state index in [1.165, 1.54) is 22.2 Å². The molecular formula is C22H25ClN6O3S. The fourth-order valence-electron chi connectivity index (χ4n) is 3.81. The van der Waals surface area contributed by atoms with Crippen LogP contribution in [0.5, 0.6) is 0 Å². The molecule has 3 aromatic rings. The van der Waals surface area contributed by atoms with E-state index < -0.39 is 0 Å². The molecule has 3 heterocycles. The number of amides is 2. The number of carbonyl (C=O) groups is 2. The Hall–Kier alpha value is -2.98. The van der Waals surface area contributed by atoms with E-state index in [0.717, 1.165) is 24.9 Å². The molecule has 1 aliphatic rings. The minimum absolute atomic E-state index is 0.0478. The molecule has 2 aromatic heterocycles. The molecule has 1 aromatic carbocycles. The SMILES string of the molecule is CCNC(=O)[C@H]1CCCN(c2nc3ncn(CC(=O)NCc4ccccc4Cl)c(=O)c3s2)C1. The predicted molar refractivity (Wildman–Crippen MR) is 129 cm³/mol. The summed E-state index contributed by atoms with van der Waals surface area (Å²) in [6, 6.07) is 7.26. The molecule has 2 amide bonds. The van der Waals surface area contributed by atoms with E-state index in [1.807, 2.05) is 30.0 Å². The van der Waals surface area contributed by atoms with Gasteiger partial charge in [-0.05, 0) is 31.4 Å². The summed E-state index contributed by atoms with van der Waals surface area (Å²) in [5.74, 6) is -0.368. The highest BCUT2D eigenvalue weighted by atomic mass is 35.5. The highest BCUT2D eigenvalue weighted by molar-refractivity contribution is 7.22. The first kappa shape index (κ1) is 23.2. The number of anilines is 1. The predicted octanol–water partition coefficient (Wildman–Crippen LogP) is 2.18. The minimum Gasteiger partial charge on any atom is -0.356 e. The molecule has 11 heteroatoms. The van der Waals surface area contributed by atoms with E-state index in [0.29, 0.717) is 33.6 Å². The quantitative estimate of drug-likeness (QED) is 0.527. The summed E-state index contributed by atoms with van der Waals surface area (Å²) in [7, 11) is 0. The zero-order valence-corrected chi connectivity index (χ0v) is 19.8. The van der Waals surface area contributed by atoms with E-state index in [2.05, 4.69) is 20.6 Å². The second-order valence-corrected chi connectivity index (χ2v) is 9.26. The maximum Gasteiger partial charge on any atom is 0.273 e. The molecule has 0 bridgehead atoms. The number of thiazole rings is 1.